The van der Waals surface area contributed by atoms with Gasteiger partial charge in [-0.1, -0.05) is 0 Å². The number of rotatable bonds is 6. The van der Waals surface area contributed by atoms with Crippen LogP contribution >= 0.6 is 0 Å². The average Bonchev–Trinajstić information content (AvgIpc) is 2.70. The number of nitrogens with zero attached hydrogens (tertiary/aromatic N) is 3. The monoisotopic (exact) mass is 479 g/mol. The number of aryl methyl sites for hydroxylation is 1. The molecule has 0 saturated heterocycles. The van der Waals surface area contributed by atoms with Crippen molar-refractivity contribution in [3.63, 3.8) is 0 Å². The Labute approximate surface area is 195 Å². The molecule has 2 aromatic rings. The quantitative estimate of drug-likeness (QED) is 0.610. The molecule has 2 aliphatic rings. The first-order chi connectivity index (χ1) is 15.9. The summed E-state index contributed by atoms with van der Waals surface area (Å²) in [5.74, 6) is -3.35. The van der Waals surface area contributed by atoms with Crippen LogP contribution in [0.4, 0.5) is 30.6 Å². The highest BCUT2D eigenvalue weighted by atomic mass is 19.2. The van der Waals surface area contributed by atoms with Crippen LogP contribution in [-0.4, -0.2) is 53.3 Å². The van der Waals surface area contributed by atoms with Crippen LogP contribution in [0.15, 0.2) is 12.1 Å². The van der Waals surface area contributed by atoms with E-state index in [0.29, 0.717) is 36.0 Å². The molecule has 1 amide bonds. The number of benzene rings is 1. The summed E-state index contributed by atoms with van der Waals surface area (Å²) < 4.78 is 51.2. The average molecular weight is 480 g/mol. The normalized spacial score (nSPS) is 22.1. The Kier molecular flexibility index (Phi) is 6.32. The predicted octanol–water partition coefficient (Wildman–Crippen LogP) is 3.80. The van der Waals surface area contributed by atoms with Crippen molar-refractivity contribution in [1.29, 1.82) is 0 Å². The number of halogens is 3. The van der Waals surface area contributed by atoms with E-state index in [-0.39, 0.29) is 36.0 Å². The van der Waals surface area contributed by atoms with Gasteiger partial charge in [0.1, 0.15) is 23.6 Å². The fourth-order valence-corrected chi connectivity index (χ4v) is 3.83. The number of nitrogens with one attached hydrogen (secondary N) is 2. The molecule has 1 aromatic heterocycles. The topological polar surface area (TPSA) is 88.6 Å². The zero-order valence-electron chi connectivity index (χ0n) is 19.7. The van der Waals surface area contributed by atoms with Crippen molar-refractivity contribution in [2.75, 3.05) is 29.2 Å². The molecule has 1 fully saturated rings. The molecule has 0 radical (unpaired) electrons. The lowest BCUT2D eigenvalue weighted by molar-refractivity contribution is -0.120. The van der Waals surface area contributed by atoms with Gasteiger partial charge in [0.15, 0.2) is 23.3 Å². The summed E-state index contributed by atoms with van der Waals surface area (Å²) in [6.45, 7) is 7.78. The Morgan fingerprint density at radius 1 is 1.18 bits per heavy atom. The molecule has 0 bridgehead atoms. The number of ether oxygens (including phenoxy) is 2. The molecule has 1 aliphatic heterocycles. The lowest BCUT2D eigenvalue weighted by Crippen LogP contribution is -2.50. The maximum atomic E-state index is 13.4. The van der Waals surface area contributed by atoms with Crippen molar-refractivity contribution in [2.45, 2.75) is 64.3 Å². The maximum absolute atomic E-state index is 13.4. The predicted molar refractivity (Wildman–Crippen MR) is 121 cm³/mol. The first-order valence-electron chi connectivity index (χ1n) is 11.1. The first-order valence-corrected chi connectivity index (χ1v) is 11.1. The van der Waals surface area contributed by atoms with Crippen molar-refractivity contribution in [1.82, 2.24) is 9.97 Å². The highest BCUT2D eigenvalue weighted by Gasteiger charge is 2.36. The van der Waals surface area contributed by atoms with Gasteiger partial charge in [-0.05, 0) is 27.7 Å². The second-order valence-corrected chi connectivity index (χ2v) is 9.62. The highest BCUT2D eigenvalue weighted by Crippen LogP contribution is 2.34. The smallest absolute Gasteiger partial charge is 0.249 e. The minimum Gasteiger partial charge on any atom is -0.490 e. The van der Waals surface area contributed by atoms with Gasteiger partial charge in [-0.3, -0.25) is 4.79 Å². The third-order valence-electron chi connectivity index (χ3n) is 5.79. The number of hydrogen-bond acceptors (Lipinski definition) is 7. The van der Waals surface area contributed by atoms with Gasteiger partial charge in [-0.15, -0.1) is 0 Å². The number of hydrogen-bond donors (Lipinski definition) is 2. The van der Waals surface area contributed by atoms with Crippen molar-refractivity contribution >= 4 is 23.4 Å². The van der Waals surface area contributed by atoms with E-state index in [2.05, 4.69) is 20.6 Å². The van der Waals surface area contributed by atoms with Gasteiger partial charge in [0.25, 0.3) is 0 Å². The van der Waals surface area contributed by atoms with Crippen LogP contribution in [-0.2, 0) is 9.53 Å². The van der Waals surface area contributed by atoms with E-state index in [1.165, 1.54) is 0 Å². The van der Waals surface area contributed by atoms with Crippen LogP contribution in [0.1, 0.15) is 39.3 Å². The Bertz CT molecular complexity index is 1080. The van der Waals surface area contributed by atoms with Gasteiger partial charge in [-0.25, -0.2) is 18.2 Å². The van der Waals surface area contributed by atoms with Crippen LogP contribution in [0.25, 0.3) is 0 Å². The summed E-state index contributed by atoms with van der Waals surface area (Å²) >= 11 is 0. The molecular weight excluding hydrogens is 451 g/mol. The molecular formula is C23H28F3N5O3. The Balaban J connectivity index is 1.40. The molecule has 34 heavy (non-hydrogen) atoms. The molecule has 1 aliphatic carbocycles. The molecule has 0 spiro atoms. The number of amides is 1. The van der Waals surface area contributed by atoms with E-state index < -0.39 is 23.5 Å². The summed E-state index contributed by atoms with van der Waals surface area (Å²) in [7, 11) is 1.79. The van der Waals surface area contributed by atoms with Crippen molar-refractivity contribution < 1.29 is 27.4 Å². The van der Waals surface area contributed by atoms with Crippen LogP contribution in [0, 0.1) is 24.4 Å². The Morgan fingerprint density at radius 3 is 2.44 bits per heavy atom. The van der Waals surface area contributed by atoms with E-state index in [4.69, 9.17) is 9.47 Å². The molecule has 11 heteroatoms. The second-order valence-electron chi connectivity index (χ2n) is 9.62. The third-order valence-corrected chi connectivity index (χ3v) is 5.79. The van der Waals surface area contributed by atoms with Gasteiger partial charge in [-0.2, -0.15) is 4.98 Å². The number of aromatic nitrogens is 2. The second kappa shape index (κ2) is 8.94. The minimum atomic E-state index is -1.52. The van der Waals surface area contributed by atoms with E-state index in [1.54, 1.807) is 18.9 Å². The van der Waals surface area contributed by atoms with E-state index in [0.717, 1.165) is 12.1 Å². The summed E-state index contributed by atoms with van der Waals surface area (Å²) in [4.78, 5) is 23.5. The molecule has 1 atom stereocenters. The summed E-state index contributed by atoms with van der Waals surface area (Å²) in [5, 5.41) is 6.12. The molecule has 1 aromatic carbocycles. The number of carbonyl (C=O) groups excluding carboxylic acids is 1. The SMILES string of the molecule is Cc1nc(N[C@H]2C[C@H](Oc3cc(F)c(F)c(F)c3)C2)nc2c1NC(=O)[C@H](COC(C)(C)C)N2C. The standard InChI is InChI=1S/C23H28F3N5O3/c1-11-19-20(31(5)17(21(32)29-19)10-33-23(2,3)4)30-22(27-11)28-12-6-13(7-12)34-14-8-15(24)18(26)16(25)9-14/h8-9,12-13,17H,6-7,10H2,1-5H3,(H,29,32)(H,27,28,30)/t12-,13-,17-/m0/s1. The lowest BCUT2D eigenvalue weighted by Gasteiger charge is -2.37. The maximum Gasteiger partial charge on any atom is 0.249 e. The van der Waals surface area contributed by atoms with E-state index in [1.807, 2.05) is 20.8 Å². The number of anilines is 3. The van der Waals surface area contributed by atoms with Gasteiger partial charge < -0.3 is 25.0 Å². The first kappa shape index (κ1) is 24.1. The number of fused-ring (bicyclic) bond motifs is 1. The van der Waals surface area contributed by atoms with Gasteiger partial charge in [0.05, 0.1) is 17.9 Å². The molecule has 8 nitrogen and oxygen atoms in total. The largest absolute Gasteiger partial charge is 0.490 e. The molecule has 184 valence electrons. The van der Waals surface area contributed by atoms with Crippen molar-refractivity contribution in [3.05, 3.63) is 35.3 Å². The molecule has 4 rings (SSSR count). The highest BCUT2D eigenvalue weighted by molar-refractivity contribution is 6.03. The number of likely N-dealkylation sites (N-methyl/N-ethyl adjacent to an activating group) is 1. The van der Waals surface area contributed by atoms with Gasteiger partial charge in [0, 0.05) is 38.1 Å². The van der Waals surface area contributed by atoms with Crippen LogP contribution < -0.4 is 20.3 Å². The van der Waals surface area contributed by atoms with Crippen molar-refractivity contribution in [3.8, 4) is 5.75 Å². The zero-order chi connectivity index (χ0) is 24.8. The summed E-state index contributed by atoms with van der Waals surface area (Å²) in [6.07, 6.45) is 0.824. The zero-order valence-corrected chi connectivity index (χ0v) is 19.7. The lowest BCUT2D eigenvalue weighted by atomic mass is 9.89. The molecule has 1 saturated carbocycles. The van der Waals surface area contributed by atoms with Crippen molar-refractivity contribution in [2.24, 2.45) is 0 Å². The van der Waals surface area contributed by atoms with Gasteiger partial charge >= 0.3 is 0 Å². The Morgan fingerprint density at radius 2 is 1.82 bits per heavy atom. The van der Waals surface area contributed by atoms with Crippen LogP contribution in [0.5, 0.6) is 5.75 Å². The van der Waals surface area contributed by atoms with Crippen LogP contribution in [0.2, 0.25) is 0 Å². The minimum absolute atomic E-state index is 0.0129. The molecule has 2 N–H and O–H groups in total. The molecule has 0 unspecified atom stereocenters. The summed E-state index contributed by atoms with van der Waals surface area (Å²) in [6, 6.07) is 1.12. The van der Waals surface area contributed by atoms with Gasteiger partial charge in [0.2, 0.25) is 11.9 Å². The van der Waals surface area contributed by atoms with Crippen LogP contribution in [0.3, 0.4) is 0 Å². The Hall–Kier alpha value is -3.08. The third kappa shape index (κ3) is 5.03. The van der Waals surface area contributed by atoms with E-state index in [9.17, 15) is 18.0 Å². The summed E-state index contributed by atoms with van der Waals surface area (Å²) in [5.41, 5.74) is 0.789. The van der Waals surface area contributed by atoms with E-state index >= 15 is 0 Å². The fraction of sp³-hybridized carbons (Fsp3) is 0.522. The molecule has 2 heterocycles. The fourth-order valence-electron chi connectivity index (χ4n) is 3.83. The number of carbonyl (C=O) groups is 1.